The minimum Gasteiger partial charge on any atom is -0.0622 e. The maximum Gasteiger partial charge on any atom is -0.00137 e. The van der Waals surface area contributed by atoms with Crippen LogP contribution in [0.4, 0.5) is 0 Å². The van der Waals surface area contributed by atoms with Crippen molar-refractivity contribution in [3.8, 4) is 44.5 Å². The molecule has 12 aromatic carbocycles. The van der Waals surface area contributed by atoms with E-state index >= 15 is 0 Å². The van der Waals surface area contributed by atoms with Crippen LogP contribution in [0.15, 0.2) is 243 Å². The van der Waals surface area contributed by atoms with Crippen LogP contribution in [0, 0.1) is 0 Å². The molecule has 0 radical (unpaired) electrons. The van der Waals surface area contributed by atoms with Crippen LogP contribution in [0.3, 0.4) is 0 Å². The third-order valence-corrected chi connectivity index (χ3v) is 12.1. The predicted octanol–water partition coefficient (Wildman–Crippen LogP) is 17.0. The molecule has 60 heavy (non-hydrogen) atoms. The smallest absolute Gasteiger partial charge is 0.00137 e. The Kier molecular flexibility index (Phi) is 8.95. The highest BCUT2D eigenvalue weighted by atomic mass is 14.3. The summed E-state index contributed by atoms with van der Waals surface area (Å²) >= 11 is 0. The standard InChI is InChI=1S/C42H28.C18H12/c1-5-16-30(17-6-1)38-37-28-27-35-34-24-14-13-15-29(34)25-26-36(35)42(37)41(33-22-11-4-12-23-33)40(32-20-9-3-10-21-32)39(38)31-18-7-2-8-19-31;1-3-7-15-13(5-1)9-11-18-16-8-4-2-6-14(16)10-12-17(15)18/h1-28H;1-12H. The van der Waals surface area contributed by atoms with E-state index in [4.69, 9.17) is 0 Å². The average Bonchev–Trinajstić information content (AvgIpc) is 3.34. The van der Waals surface area contributed by atoms with Crippen molar-refractivity contribution < 1.29 is 0 Å². The second kappa shape index (κ2) is 15.2. The Morgan fingerprint density at radius 3 is 0.867 bits per heavy atom. The lowest BCUT2D eigenvalue weighted by molar-refractivity contribution is 1.57. The van der Waals surface area contributed by atoms with Crippen LogP contribution in [-0.4, -0.2) is 0 Å². The first-order chi connectivity index (χ1) is 29.8. The lowest BCUT2D eigenvalue weighted by Crippen LogP contribution is -1.98. The Hall–Kier alpha value is -7.80. The first-order valence-corrected chi connectivity index (χ1v) is 20.8. The van der Waals surface area contributed by atoms with Gasteiger partial charge in [-0.2, -0.15) is 0 Å². The lowest BCUT2D eigenvalue weighted by atomic mass is 9.77. The fourth-order valence-electron chi connectivity index (χ4n) is 9.43. The largest absolute Gasteiger partial charge is 0.0622 e. The van der Waals surface area contributed by atoms with E-state index in [0.717, 1.165) is 0 Å². The molecule has 0 atom stereocenters. The fraction of sp³-hybridized carbons (Fsp3) is 0. The van der Waals surface area contributed by atoms with Crippen LogP contribution < -0.4 is 0 Å². The maximum absolute atomic E-state index is 2.36. The molecule has 0 fully saturated rings. The fourth-order valence-corrected chi connectivity index (χ4v) is 9.43. The molecule has 12 aromatic rings. The van der Waals surface area contributed by atoms with Gasteiger partial charge in [0.05, 0.1) is 0 Å². The minimum absolute atomic E-state index is 1.21. The molecule has 0 heterocycles. The van der Waals surface area contributed by atoms with Crippen LogP contribution in [0.2, 0.25) is 0 Å². The SMILES string of the molecule is c1ccc(-c2c(-c3ccccc3)c(-c3ccccc3)c3c(ccc4c5ccccc5ccc43)c2-c2ccccc2)cc1.c1ccc2c(c1)ccc1c3ccccc3ccc21. The molecule has 0 spiro atoms. The third kappa shape index (κ3) is 6.09. The van der Waals surface area contributed by atoms with Crippen LogP contribution in [0.25, 0.3) is 109 Å². The number of hydrogen-bond donors (Lipinski definition) is 0. The van der Waals surface area contributed by atoms with Crippen molar-refractivity contribution in [2.75, 3.05) is 0 Å². The zero-order valence-electron chi connectivity index (χ0n) is 33.1. The molecular formula is C60H40. The predicted molar refractivity (Wildman–Crippen MR) is 260 cm³/mol. The lowest BCUT2D eigenvalue weighted by Gasteiger charge is -2.25. The third-order valence-electron chi connectivity index (χ3n) is 12.1. The number of fused-ring (bicyclic) bond motifs is 10. The molecule has 0 aromatic heterocycles. The summed E-state index contributed by atoms with van der Waals surface area (Å²) < 4.78 is 0. The van der Waals surface area contributed by atoms with Gasteiger partial charge in [-0.15, -0.1) is 0 Å². The minimum atomic E-state index is 1.21. The van der Waals surface area contributed by atoms with Crippen molar-refractivity contribution in [3.05, 3.63) is 243 Å². The number of hydrogen-bond acceptors (Lipinski definition) is 0. The van der Waals surface area contributed by atoms with E-state index in [1.807, 2.05) is 0 Å². The first-order valence-electron chi connectivity index (χ1n) is 20.8. The van der Waals surface area contributed by atoms with Gasteiger partial charge in [0.1, 0.15) is 0 Å². The quantitative estimate of drug-likeness (QED) is 0.157. The van der Waals surface area contributed by atoms with Gasteiger partial charge in [0, 0.05) is 0 Å². The summed E-state index contributed by atoms with van der Waals surface area (Å²) in [5.74, 6) is 0. The molecule has 0 aliphatic heterocycles. The summed E-state index contributed by atoms with van der Waals surface area (Å²) in [6, 6.07) is 87.8. The highest BCUT2D eigenvalue weighted by Crippen LogP contribution is 2.52. The Balaban J connectivity index is 0.000000188. The van der Waals surface area contributed by atoms with Crippen LogP contribution in [0.1, 0.15) is 0 Å². The molecule has 0 nitrogen and oxygen atoms in total. The summed E-state index contributed by atoms with van der Waals surface area (Å²) in [6.07, 6.45) is 0. The van der Waals surface area contributed by atoms with Gasteiger partial charge in [-0.3, -0.25) is 0 Å². The Morgan fingerprint density at radius 2 is 0.433 bits per heavy atom. The van der Waals surface area contributed by atoms with Gasteiger partial charge in [0.25, 0.3) is 0 Å². The van der Waals surface area contributed by atoms with Crippen molar-refractivity contribution >= 4 is 64.6 Å². The van der Waals surface area contributed by atoms with Gasteiger partial charge >= 0.3 is 0 Å². The van der Waals surface area contributed by atoms with Gasteiger partial charge in [-0.05, 0) is 109 Å². The monoisotopic (exact) mass is 760 g/mol. The van der Waals surface area contributed by atoms with E-state index < -0.39 is 0 Å². The van der Waals surface area contributed by atoms with Crippen molar-refractivity contribution in [2.45, 2.75) is 0 Å². The summed E-state index contributed by atoms with van der Waals surface area (Å²) in [7, 11) is 0. The highest BCUT2D eigenvalue weighted by Gasteiger charge is 2.25. The normalized spacial score (nSPS) is 11.3. The van der Waals surface area contributed by atoms with Gasteiger partial charge in [-0.1, -0.05) is 243 Å². The van der Waals surface area contributed by atoms with Crippen LogP contribution >= 0.6 is 0 Å². The van der Waals surface area contributed by atoms with Crippen LogP contribution in [-0.2, 0) is 0 Å². The molecule has 0 aliphatic rings. The molecule has 0 aliphatic carbocycles. The summed E-state index contributed by atoms with van der Waals surface area (Å²) in [6.45, 7) is 0. The molecule has 12 rings (SSSR count). The van der Waals surface area contributed by atoms with Gasteiger partial charge in [-0.25, -0.2) is 0 Å². The number of rotatable bonds is 4. The zero-order valence-corrected chi connectivity index (χ0v) is 33.1. The van der Waals surface area contributed by atoms with E-state index in [0.29, 0.717) is 0 Å². The van der Waals surface area contributed by atoms with E-state index in [2.05, 4.69) is 243 Å². The van der Waals surface area contributed by atoms with E-state index in [-0.39, 0.29) is 0 Å². The van der Waals surface area contributed by atoms with E-state index in [1.54, 1.807) is 0 Å². The molecule has 0 saturated carbocycles. The molecule has 0 bridgehead atoms. The summed E-state index contributed by atoms with van der Waals surface area (Å²) in [5, 5.41) is 15.6. The second-order valence-corrected chi connectivity index (χ2v) is 15.5. The summed E-state index contributed by atoms with van der Waals surface area (Å²) in [5.41, 5.74) is 9.94. The average molecular weight is 761 g/mol. The molecule has 0 unspecified atom stereocenters. The van der Waals surface area contributed by atoms with Crippen molar-refractivity contribution in [3.63, 3.8) is 0 Å². The number of benzene rings is 12. The van der Waals surface area contributed by atoms with Crippen molar-refractivity contribution in [2.24, 2.45) is 0 Å². The highest BCUT2D eigenvalue weighted by molar-refractivity contribution is 6.28. The van der Waals surface area contributed by atoms with Gasteiger partial charge in [0.2, 0.25) is 0 Å². The topological polar surface area (TPSA) is 0 Å². The van der Waals surface area contributed by atoms with Crippen molar-refractivity contribution in [1.29, 1.82) is 0 Å². The maximum atomic E-state index is 2.36. The van der Waals surface area contributed by atoms with E-state index in [1.165, 1.54) is 109 Å². The molecular weight excluding hydrogens is 721 g/mol. The van der Waals surface area contributed by atoms with Crippen LogP contribution in [0.5, 0.6) is 0 Å². The van der Waals surface area contributed by atoms with Gasteiger partial charge < -0.3 is 0 Å². The Morgan fingerprint density at radius 1 is 0.150 bits per heavy atom. The Bertz CT molecular complexity index is 3420. The van der Waals surface area contributed by atoms with Gasteiger partial charge in [0.15, 0.2) is 0 Å². The summed E-state index contributed by atoms with van der Waals surface area (Å²) in [4.78, 5) is 0. The first kappa shape index (κ1) is 35.4. The molecule has 0 heteroatoms. The molecule has 0 amide bonds. The Labute approximate surface area is 350 Å². The zero-order chi connectivity index (χ0) is 39.8. The molecule has 280 valence electrons. The second-order valence-electron chi connectivity index (χ2n) is 15.5. The van der Waals surface area contributed by atoms with E-state index in [9.17, 15) is 0 Å². The molecule has 0 saturated heterocycles. The van der Waals surface area contributed by atoms with Crippen molar-refractivity contribution in [1.82, 2.24) is 0 Å². The molecule has 0 N–H and O–H groups in total.